The molecule has 0 bridgehead atoms. The molecule has 2 fully saturated rings. The zero-order valence-electron chi connectivity index (χ0n) is 25.2. The molecule has 2 saturated heterocycles. The summed E-state index contributed by atoms with van der Waals surface area (Å²) < 4.78 is 42.6. The van der Waals surface area contributed by atoms with Crippen molar-refractivity contribution >= 4 is 41.2 Å². The first-order chi connectivity index (χ1) is 20.8. The van der Waals surface area contributed by atoms with Crippen molar-refractivity contribution in [2.45, 2.75) is 89.1 Å². The van der Waals surface area contributed by atoms with E-state index >= 15 is 0 Å². The number of rotatable bonds is 12. The Balaban J connectivity index is 1.81. The molecule has 2 heterocycles. The van der Waals surface area contributed by atoms with Crippen molar-refractivity contribution in [2.24, 2.45) is 5.92 Å². The summed E-state index contributed by atoms with van der Waals surface area (Å²) >= 11 is 0.853. The highest BCUT2D eigenvalue weighted by atomic mass is 32.2. The maximum Gasteiger partial charge on any atom is 0.450 e. The van der Waals surface area contributed by atoms with E-state index in [4.69, 9.17) is 4.74 Å². The van der Waals surface area contributed by atoms with E-state index < -0.39 is 59.6 Å². The smallest absolute Gasteiger partial charge is 0.450 e. The number of ether oxygens (including phenoxy) is 1. The molecule has 2 aliphatic heterocycles. The molecule has 0 radical (unpaired) electrons. The molecule has 10 nitrogen and oxygen atoms in total. The molecule has 244 valence electrons. The summed E-state index contributed by atoms with van der Waals surface area (Å²) in [6.07, 6.45) is -2.24. The second-order valence-corrected chi connectivity index (χ2v) is 12.3. The van der Waals surface area contributed by atoms with Crippen LogP contribution in [0.25, 0.3) is 0 Å². The maximum atomic E-state index is 13.7. The SMILES string of the molecule is CC[C@H](C)[C@@H]1NC(=O)[C@@H](Cc2ccc(OC)cc2)NC(=O)[C@H](CCCCSCC(=O)C(F)(F)F)NC(=O)[C@H]2CCCN2C1=O. The molecule has 1 aromatic carbocycles. The number of thioether (sulfide) groups is 1. The number of nitrogens with one attached hydrogen (secondary N) is 3. The lowest BCUT2D eigenvalue weighted by Crippen LogP contribution is -2.62. The number of Topliss-reactive ketones (excluding diaryl/α,β-unsaturated/α-hetero) is 1. The minimum absolute atomic E-state index is 0.111. The highest BCUT2D eigenvalue weighted by Gasteiger charge is 2.42. The maximum absolute atomic E-state index is 13.7. The van der Waals surface area contributed by atoms with Gasteiger partial charge in [-0.3, -0.25) is 24.0 Å². The summed E-state index contributed by atoms with van der Waals surface area (Å²) in [4.78, 5) is 67.0. The van der Waals surface area contributed by atoms with Crippen LogP contribution in [0.1, 0.15) is 57.9 Å². The molecule has 0 saturated carbocycles. The molecule has 5 atom stereocenters. The lowest BCUT2D eigenvalue weighted by atomic mass is 9.95. The number of hydrogen-bond acceptors (Lipinski definition) is 7. The predicted molar refractivity (Wildman–Crippen MR) is 159 cm³/mol. The monoisotopic (exact) mass is 642 g/mol. The molecule has 0 aliphatic carbocycles. The van der Waals surface area contributed by atoms with Gasteiger partial charge in [0.15, 0.2) is 0 Å². The summed E-state index contributed by atoms with van der Waals surface area (Å²) in [5.74, 6) is -3.76. The molecule has 14 heteroatoms. The number of benzene rings is 1. The number of carbonyl (C=O) groups is 5. The Hall–Kier alpha value is -3.29. The number of halogens is 3. The Morgan fingerprint density at radius 1 is 1.02 bits per heavy atom. The average Bonchev–Trinajstić information content (AvgIpc) is 3.49. The summed E-state index contributed by atoms with van der Waals surface area (Å²) in [5, 5.41) is 8.41. The highest BCUT2D eigenvalue weighted by Crippen LogP contribution is 2.23. The Morgan fingerprint density at radius 3 is 2.32 bits per heavy atom. The van der Waals surface area contributed by atoms with Gasteiger partial charge in [0.05, 0.1) is 12.9 Å². The zero-order chi connectivity index (χ0) is 32.4. The third-order valence-electron chi connectivity index (χ3n) is 8.06. The van der Waals surface area contributed by atoms with Crippen molar-refractivity contribution in [2.75, 3.05) is 25.2 Å². The molecule has 3 N–H and O–H groups in total. The van der Waals surface area contributed by atoms with Gasteiger partial charge in [-0.05, 0) is 55.1 Å². The number of fused-ring (bicyclic) bond motifs is 1. The first-order valence-corrected chi connectivity index (χ1v) is 16.0. The number of methoxy groups -OCH3 is 1. The standard InChI is InChI=1S/C30H41F3N4O6S/c1-4-18(2)25-29(42)37-14-7-9-23(37)28(41)34-21(8-5-6-15-44-17-24(38)30(31,32)33)26(39)35-22(27(40)36-25)16-19-10-12-20(43-3)13-11-19/h10-13,18,21-23,25H,4-9,14-17H2,1-3H3,(H,34,41)(H,35,39)(H,36,40)/t18-,21-,22+,23+,25-/m0/s1. The number of hydrogen-bond donors (Lipinski definition) is 3. The van der Waals surface area contributed by atoms with E-state index in [1.165, 1.54) is 12.0 Å². The zero-order valence-corrected chi connectivity index (χ0v) is 26.0. The number of alkyl halides is 3. The van der Waals surface area contributed by atoms with Gasteiger partial charge in [-0.25, -0.2) is 0 Å². The van der Waals surface area contributed by atoms with Crippen molar-refractivity contribution in [3.63, 3.8) is 0 Å². The normalized spacial score (nSPS) is 23.9. The van der Waals surface area contributed by atoms with Gasteiger partial charge in [0.25, 0.3) is 0 Å². The predicted octanol–water partition coefficient (Wildman–Crippen LogP) is 2.78. The van der Waals surface area contributed by atoms with Gasteiger partial charge in [0, 0.05) is 13.0 Å². The van der Waals surface area contributed by atoms with Crippen LogP contribution in [0.5, 0.6) is 5.75 Å². The molecule has 1 aromatic rings. The van der Waals surface area contributed by atoms with Gasteiger partial charge >= 0.3 is 6.18 Å². The van der Waals surface area contributed by atoms with Gasteiger partial charge in [-0.1, -0.05) is 38.8 Å². The lowest BCUT2D eigenvalue weighted by Gasteiger charge is -2.34. The Morgan fingerprint density at radius 2 is 1.68 bits per heavy atom. The quantitative estimate of drug-likeness (QED) is 0.299. The molecule has 0 spiro atoms. The second-order valence-electron chi connectivity index (χ2n) is 11.2. The molecular formula is C30H41F3N4O6S. The third-order valence-corrected chi connectivity index (χ3v) is 9.10. The third kappa shape index (κ3) is 9.60. The van der Waals surface area contributed by atoms with Gasteiger partial charge in [0.2, 0.25) is 29.4 Å². The largest absolute Gasteiger partial charge is 0.497 e. The van der Waals surface area contributed by atoms with E-state index in [9.17, 15) is 37.1 Å². The van der Waals surface area contributed by atoms with E-state index in [1.54, 1.807) is 24.3 Å². The number of carbonyl (C=O) groups excluding carboxylic acids is 5. The molecule has 0 unspecified atom stereocenters. The summed E-state index contributed by atoms with van der Waals surface area (Å²) in [6, 6.07) is 3.21. The molecule has 44 heavy (non-hydrogen) atoms. The first-order valence-electron chi connectivity index (χ1n) is 14.9. The van der Waals surface area contributed by atoms with E-state index in [-0.39, 0.29) is 30.4 Å². The van der Waals surface area contributed by atoms with Crippen molar-refractivity contribution in [3.05, 3.63) is 29.8 Å². The van der Waals surface area contributed by atoms with Crippen LogP contribution in [0, 0.1) is 5.92 Å². The van der Waals surface area contributed by atoms with Crippen LogP contribution in [0.3, 0.4) is 0 Å². The van der Waals surface area contributed by atoms with Crippen LogP contribution in [-0.2, 0) is 30.4 Å². The van der Waals surface area contributed by atoms with E-state index in [2.05, 4.69) is 16.0 Å². The lowest BCUT2D eigenvalue weighted by molar-refractivity contribution is -0.167. The van der Waals surface area contributed by atoms with Gasteiger partial charge < -0.3 is 25.6 Å². The first kappa shape index (κ1) is 35.2. The van der Waals surface area contributed by atoms with Crippen LogP contribution < -0.4 is 20.7 Å². The number of unbranched alkanes of at least 4 members (excludes halogenated alkanes) is 1. The second kappa shape index (κ2) is 16.1. The average molecular weight is 643 g/mol. The topological polar surface area (TPSA) is 134 Å². The van der Waals surface area contributed by atoms with Gasteiger partial charge in [-0.15, -0.1) is 0 Å². The fourth-order valence-electron chi connectivity index (χ4n) is 5.23. The molecule has 3 rings (SSSR count). The highest BCUT2D eigenvalue weighted by molar-refractivity contribution is 7.99. The molecule has 4 amide bonds. The van der Waals surface area contributed by atoms with Crippen molar-refractivity contribution in [3.8, 4) is 5.75 Å². The van der Waals surface area contributed by atoms with E-state index in [1.807, 2.05) is 13.8 Å². The minimum atomic E-state index is -4.87. The molecular weight excluding hydrogens is 601 g/mol. The van der Waals surface area contributed by atoms with Gasteiger partial charge in [-0.2, -0.15) is 24.9 Å². The van der Waals surface area contributed by atoms with Crippen molar-refractivity contribution in [1.29, 1.82) is 0 Å². The van der Waals surface area contributed by atoms with Crippen LogP contribution in [0.4, 0.5) is 13.2 Å². The fourth-order valence-corrected chi connectivity index (χ4v) is 6.14. The summed E-state index contributed by atoms with van der Waals surface area (Å²) in [5.41, 5.74) is 0.732. The van der Waals surface area contributed by atoms with E-state index in [0.717, 1.165) is 17.3 Å². The van der Waals surface area contributed by atoms with Crippen molar-refractivity contribution < 1.29 is 41.9 Å². The summed E-state index contributed by atoms with van der Waals surface area (Å²) in [7, 11) is 1.53. The minimum Gasteiger partial charge on any atom is -0.497 e. The molecule has 0 aromatic heterocycles. The van der Waals surface area contributed by atoms with Gasteiger partial charge in [0.1, 0.15) is 29.9 Å². The van der Waals surface area contributed by atoms with Crippen LogP contribution in [0.15, 0.2) is 24.3 Å². The Kier molecular flexibility index (Phi) is 12.9. The molecule has 2 aliphatic rings. The number of amides is 4. The van der Waals surface area contributed by atoms with E-state index in [0.29, 0.717) is 44.4 Å². The summed E-state index contributed by atoms with van der Waals surface area (Å²) in [6.45, 7) is 4.10. The van der Waals surface area contributed by atoms with Crippen LogP contribution >= 0.6 is 11.8 Å². The fraction of sp³-hybridized carbons (Fsp3) is 0.633. The number of ketones is 1. The number of nitrogens with zero attached hydrogens (tertiary/aromatic N) is 1. The van der Waals surface area contributed by atoms with Crippen LogP contribution in [0.2, 0.25) is 0 Å². The van der Waals surface area contributed by atoms with Crippen LogP contribution in [-0.4, -0.2) is 89.8 Å². The van der Waals surface area contributed by atoms with Crippen molar-refractivity contribution in [1.82, 2.24) is 20.9 Å². The Bertz CT molecular complexity index is 1180. The Labute approximate surface area is 259 Å².